The van der Waals surface area contributed by atoms with E-state index in [-0.39, 0.29) is 23.8 Å². The van der Waals surface area contributed by atoms with Gasteiger partial charge in [-0.25, -0.2) is 0 Å². The highest BCUT2D eigenvalue weighted by molar-refractivity contribution is 5.97. The molecule has 3 heteroatoms. The number of carbonyl (C=O) groups is 2. The molecule has 72 valence electrons. The predicted octanol–water partition coefficient (Wildman–Crippen LogP) is 0.754. The molecule has 14 heavy (non-hydrogen) atoms. The SMILES string of the molecule is O=C1OC(=O)[C@H]2[C@@H]3C=C[C@H]([C@@H]4C[C@H]34)[C@@H]12. The number of rotatable bonds is 0. The average Bonchev–Trinajstić information content (AvgIpc) is 2.92. The molecule has 0 N–H and O–H groups in total. The van der Waals surface area contributed by atoms with Gasteiger partial charge in [0.25, 0.3) is 0 Å². The minimum atomic E-state index is -0.273. The van der Waals surface area contributed by atoms with Gasteiger partial charge in [-0.3, -0.25) is 9.59 Å². The molecule has 5 aliphatic rings. The molecule has 3 fully saturated rings. The fourth-order valence-electron chi connectivity index (χ4n) is 3.76. The van der Waals surface area contributed by atoms with Crippen LogP contribution < -0.4 is 0 Å². The van der Waals surface area contributed by atoms with Gasteiger partial charge in [-0.1, -0.05) is 12.2 Å². The molecule has 0 aromatic rings. The highest BCUT2D eigenvalue weighted by Gasteiger charge is 2.66. The quantitative estimate of drug-likeness (QED) is 0.321. The van der Waals surface area contributed by atoms with Crippen LogP contribution in [0.15, 0.2) is 12.2 Å². The molecule has 5 rings (SSSR count). The van der Waals surface area contributed by atoms with Crippen molar-refractivity contribution in [3.63, 3.8) is 0 Å². The van der Waals surface area contributed by atoms with Crippen molar-refractivity contribution in [2.45, 2.75) is 6.42 Å². The molecule has 3 nitrogen and oxygen atoms in total. The van der Waals surface area contributed by atoms with E-state index in [9.17, 15) is 9.59 Å². The Morgan fingerprint density at radius 3 is 2.00 bits per heavy atom. The fourth-order valence-corrected chi connectivity index (χ4v) is 3.76. The van der Waals surface area contributed by atoms with E-state index >= 15 is 0 Å². The van der Waals surface area contributed by atoms with Crippen molar-refractivity contribution in [3.8, 4) is 0 Å². The second-order valence-electron chi connectivity index (χ2n) is 4.89. The molecule has 4 aliphatic carbocycles. The van der Waals surface area contributed by atoms with Crippen molar-refractivity contribution < 1.29 is 14.3 Å². The van der Waals surface area contributed by atoms with Gasteiger partial charge in [-0.05, 0) is 30.1 Å². The molecule has 1 aliphatic heterocycles. The van der Waals surface area contributed by atoms with Crippen LogP contribution in [0.3, 0.4) is 0 Å². The number of cyclic esters (lactones) is 2. The Kier molecular flexibility index (Phi) is 1.00. The van der Waals surface area contributed by atoms with Crippen LogP contribution in [0, 0.1) is 35.5 Å². The van der Waals surface area contributed by atoms with Crippen molar-refractivity contribution in [2.75, 3.05) is 0 Å². The van der Waals surface area contributed by atoms with Gasteiger partial charge in [0, 0.05) is 0 Å². The van der Waals surface area contributed by atoms with Crippen LogP contribution in [-0.4, -0.2) is 11.9 Å². The van der Waals surface area contributed by atoms with E-state index in [1.54, 1.807) is 0 Å². The number of ether oxygens (including phenoxy) is 1. The lowest BCUT2D eigenvalue weighted by molar-refractivity contribution is -0.154. The zero-order valence-electron chi connectivity index (χ0n) is 7.55. The van der Waals surface area contributed by atoms with Crippen molar-refractivity contribution in [3.05, 3.63) is 12.2 Å². The number of carbonyl (C=O) groups excluding carboxylic acids is 2. The summed E-state index contributed by atoms with van der Waals surface area (Å²) >= 11 is 0. The van der Waals surface area contributed by atoms with Gasteiger partial charge in [0.1, 0.15) is 0 Å². The highest BCUT2D eigenvalue weighted by Crippen LogP contribution is 2.65. The van der Waals surface area contributed by atoms with Crippen LogP contribution in [0.25, 0.3) is 0 Å². The predicted molar refractivity (Wildman–Crippen MR) is 45.8 cm³/mol. The van der Waals surface area contributed by atoms with Crippen LogP contribution in [0.5, 0.6) is 0 Å². The number of hydrogen-bond acceptors (Lipinski definition) is 3. The topological polar surface area (TPSA) is 43.4 Å². The number of esters is 2. The number of allylic oxidation sites excluding steroid dienone is 2. The molecule has 2 bridgehead atoms. The Morgan fingerprint density at radius 2 is 1.50 bits per heavy atom. The van der Waals surface area contributed by atoms with Gasteiger partial charge in [-0.2, -0.15) is 0 Å². The summed E-state index contributed by atoms with van der Waals surface area (Å²) < 4.78 is 4.74. The Hall–Kier alpha value is -1.12. The van der Waals surface area contributed by atoms with Crippen molar-refractivity contribution >= 4 is 11.9 Å². The Bertz CT molecular complexity index is 350. The van der Waals surface area contributed by atoms with E-state index in [4.69, 9.17) is 4.74 Å². The molecular formula is C11H10O3. The summed E-state index contributed by atoms with van der Waals surface area (Å²) in [4.78, 5) is 23.0. The van der Waals surface area contributed by atoms with Gasteiger partial charge in [-0.15, -0.1) is 0 Å². The Labute approximate surface area is 81.1 Å². The Morgan fingerprint density at radius 1 is 1.00 bits per heavy atom. The van der Waals surface area contributed by atoms with Gasteiger partial charge in [0.15, 0.2) is 0 Å². The first kappa shape index (κ1) is 7.21. The van der Waals surface area contributed by atoms with Crippen molar-refractivity contribution in [1.29, 1.82) is 0 Å². The maximum atomic E-state index is 11.5. The second-order valence-corrected chi connectivity index (χ2v) is 4.89. The Balaban J connectivity index is 1.88. The molecular weight excluding hydrogens is 180 g/mol. The smallest absolute Gasteiger partial charge is 0.318 e. The summed E-state index contributed by atoms with van der Waals surface area (Å²) in [5.41, 5.74) is 0. The second kappa shape index (κ2) is 1.95. The lowest BCUT2D eigenvalue weighted by Crippen LogP contribution is -2.40. The van der Waals surface area contributed by atoms with Gasteiger partial charge in [0.2, 0.25) is 0 Å². The maximum absolute atomic E-state index is 11.5. The average molecular weight is 190 g/mol. The van der Waals surface area contributed by atoms with E-state index in [1.165, 1.54) is 6.42 Å². The molecule has 1 saturated heterocycles. The summed E-state index contributed by atoms with van der Waals surface area (Å²) in [6.45, 7) is 0. The summed E-state index contributed by atoms with van der Waals surface area (Å²) in [6.07, 6.45) is 5.48. The standard InChI is InChI=1S/C11H10O3/c12-10-8-4-1-2-5(7-3-6(4)7)9(8)11(13)14-10/h1-2,4-9H,3H2/t4-,5-,6-,7+,8+,9-/m1/s1. The summed E-state index contributed by atoms with van der Waals surface area (Å²) in [6, 6.07) is 0. The minimum Gasteiger partial charge on any atom is -0.393 e. The largest absolute Gasteiger partial charge is 0.393 e. The third-order valence-corrected chi connectivity index (χ3v) is 4.40. The zero-order chi connectivity index (χ0) is 9.45. The van der Waals surface area contributed by atoms with Gasteiger partial charge >= 0.3 is 11.9 Å². The normalized spacial score (nSPS) is 56.9. The molecule has 0 aromatic heterocycles. The van der Waals surface area contributed by atoms with E-state index in [2.05, 4.69) is 12.2 Å². The van der Waals surface area contributed by atoms with Crippen molar-refractivity contribution in [1.82, 2.24) is 0 Å². The molecule has 0 spiro atoms. The fraction of sp³-hybridized carbons (Fsp3) is 0.636. The molecule has 1 heterocycles. The first-order chi connectivity index (χ1) is 6.77. The van der Waals surface area contributed by atoms with Gasteiger partial charge in [0.05, 0.1) is 11.8 Å². The molecule has 0 aromatic carbocycles. The highest BCUT2D eigenvalue weighted by atomic mass is 16.6. The first-order valence-corrected chi connectivity index (χ1v) is 5.21. The van der Waals surface area contributed by atoms with Crippen LogP contribution >= 0.6 is 0 Å². The lowest BCUT2D eigenvalue weighted by atomic mass is 9.63. The minimum absolute atomic E-state index is 0.138. The van der Waals surface area contributed by atoms with Crippen LogP contribution in [-0.2, 0) is 14.3 Å². The molecule has 2 saturated carbocycles. The van der Waals surface area contributed by atoms with E-state index in [0.717, 1.165) is 0 Å². The molecule has 0 unspecified atom stereocenters. The first-order valence-electron chi connectivity index (χ1n) is 5.21. The monoisotopic (exact) mass is 190 g/mol. The lowest BCUT2D eigenvalue weighted by Gasteiger charge is -2.36. The van der Waals surface area contributed by atoms with Crippen molar-refractivity contribution in [2.24, 2.45) is 35.5 Å². The van der Waals surface area contributed by atoms with Crippen LogP contribution in [0.2, 0.25) is 0 Å². The summed E-state index contributed by atoms with van der Waals surface area (Å²) in [7, 11) is 0. The molecule has 0 radical (unpaired) electrons. The zero-order valence-corrected chi connectivity index (χ0v) is 7.55. The summed E-state index contributed by atoms with van der Waals surface area (Å²) in [5.74, 6) is 1.12. The number of hydrogen-bond donors (Lipinski definition) is 0. The van der Waals surface area contributed by atoms with E-state index in [1.807, 2.05) is 0 Å². The van der Waals surface area contributed by atoms with E-state index in [0.29, 0.717) is 23.7 Å². The van der Waals surface area contributed by atoms with Gasteiger partial charge < -0.3 is 4.74 Å². The molecule has 6 atom stereocenters. The maximum Gasteiger partial charge on any atom is 0.318 e. The van der Waals surface area contributed by atoms with E-state index < -0.39 is 0 Å². The third kappa shape index (κ3) is 0.606. The summed E-state index contributed by atoms with van der Waals surface area (Å²) in [5, 5.41) is 0. The third-order valence-electron chi connectivity index (χ3n) is 4.40. The van der Waals surface area contributed by atoms with Crippen LogP contribution in [0.1, 0.15) is 6.42 Å². The van der Waals surface area contributed by atoms with Crippen LogP contribution in [0.4, 0.5) is 0 Å². The molecule has 0 amide bonds.